The fraction of sp³-hybridized carbons (Fsp3) is 0.867. The molecule has 1 N–H and O–H groups in total. The van der Waals surface area contributed by atoms with Gasteiger partial charge in [0.2, 0.25) is 5.91 Å². The molecule has 0 aromatic rings. The molecule has 0 heterocycles. The van der Waals surface area contributed by atoms with Crippen molar-refractivity contribution in [2.45, 2.75) is 380 Å². The zero-order valence-corrected chi connectivity index (χ0v) is 58.2. The molecular formula is C75H143N2O7P. The molecule has 0 rings (SSSR count). The van der Waals surface area contributed by atoms with E-state index in [1.54, 1.807) is 0 Å². The van der Waals surface area contributed by atoms with Gasteiger partial charge in [0, 0.05) is 12.8 Å². The van der Waals surface area contributed by atoms with Crippen LogP contribution >= 0.6 is 7.82 Å². The second-order valence-electron chi connectivity index (χ2n) is 26.5. The Morgan fingerprint density at radius 1 is 0.412 bits per heavy atom. The quantitative estimate of drug-likeness (QED) is 0.0212. The van der Waals surface area contributed by atoms with E-state index >= 15 is 0 Å². The van der Waals surface area contributed by atoms with E-state index in [-0.39, 0.29) is 31.5 Å². The van der Waals surface area contributed by atoms with Gasteiger partial charge in [-0.3, -0.25) is 14.2 Å². The van der Waals surface area contributed by atoms with Crippen LogP contribution in [-0.4, -0.2) is 69.4 Å². The Bertz CT molecular complexity index is 1590. The maximum atomic E-state index is 13.6. The van der Waals surface area contributed by atoms with Gasteiger partial charge >= 0.3 is 5.97 Å². The first kappa shape index (κ1) is 83.0. The molecule has 0 aliphatic carbocycles. The maximum absolute atomic E-state index is 13.6. The number of amides is 1. The van der Waals surface area contributed by atoms with Gasteiger partial charge in [-0.05, 0) is 70.3 Å². The first-order valence-electron chi connectivity index (χ1n) is 36.9. The molecule has 3 unspecified atom stereocenters. The molecule has 0 bridgehead atoms. The van der Waals surface area contributed by atoms with Crippen LogP contribution in [0.1, 0.15) is 367 Å². The normalized spacial score (nSPS) is 13.7. The number of ether oxygens (including phenoxy) is 1. The van der Waals surface area contributed by atoms with Crippen LogP contribution in [0.25, 0.3) is 0 Å². The number of phosphoric ester groups is 1. The van der Waals surface area contributed by atoms with Crippen LogP contribution in [0, 0.1) is 0 Å². The predicted molar refractivity (Wildman–Crippen MR) is 367 cm³/mol. The highest BCUT2D eigenvalue weighted by molar-refractivity contribution is 7.45. The summed E-state index contributed by atoms with van der Waals surface area (Å²) in [5.74, 6) is -0.538. The standard InChI is InChI=1S/C75H143N2O7P/c1-7-10-13-16-19-22-25-28-30-32-34-35-36-37-38-39-40-41-43-44-46-49-52-55-58-61-64-67-74(78)76-72(71-83-85(80,81)82-70-69-77(4,5)6)73(66-63-60-57-54-51-48-27-24-21-18-15-12-9-3)84-75(79)68-65-62-59-56-53-50-47-45-42-33-31-29-26-23-20-17-14-11-8-2/h20,23,29,31,42,45,63,66,72-73H,7-19,21-22,24-28,30,32-41,43-44,46-62,64-65,67-71H2,1-6H3,(H-,76,78,80,81)/b23-20-,31-29-,45-42-,66-63-. The first-order valence-corrected chi connectivity index (χ1v) is 38.4. The molecule has 0 aromatic heterocycles. The van der Waals surface area contributed by atoms with Gasteiger partial charge in [-0.1, -0.05) is 333 Å². The van der Waals surface area contributed by atoms with E-state index in [0.717, 1.165) is 83.5 Å². The topological polar surface area (TPSA) is 114 Å². The van der Waals surface area contributed by atoms with Crippen LogP contribution in [0.3, 0.4) is 0 Å². The number of nitrogens with one attached hydrogen (secondary N) is 1. The van der Waals surface area contributed by atoms with Crippen LogP contribution in [0.5, 0.6) is 0 Å². The van der Waals surface area contributed by atoms with Crippen molar-refractivity contribution >= 4 is 19.7 Å². The summed E-state index contributed by atoms with van der Waals surface area (Å²) in [5, 5.41) is 3.05. The second kappa shape index (κ2) is 64.9. The molecule has 9 nitrogen and oxygen atoms in total. The van der Waals surface area contributed by atoms with Crippen LogP contribution in [0.15, 0.2) is 48.6 Å². The summed E-state index contributed by atoms with van der Waals surface area (Å²) in [4.78, 5) is 40.2. The van der Waals surface area contributed by atoms with Crippen molar-refractivity contribution < 1.29 is 37.3 Å². The molecule has 0 aromatic carbocycles. The lowest BCUT2D eigenvalue weighted by molar-refractivity contribution is -0.870. The zero-order valence-electron chi connectivity index (χ0n) is 57.3. The van der Waals surface area contributed by atoms with Gasteiger partial charge in [-0.15, -0.1) is 0 Å². The Morgan fingerprint density at radius 2 is 0.718 bits per heavy atom. The van der Waals surface area contributed by atoms with Crippen molar-refractivity contribution in [3.8, 4) is 0 Å². The van der Waals surface area contributed by atoms with Gasteiger partial charge in [0.1, 0.15) is 19.3 Å². The summed E-state index contributed by atoms with van der Waals surface area (Å²) in [6.07, 6.45) is 82.4. The van der Waals surface area contributed by atoms with Gasteiger partial charge in [-0.25, -0.2) is 0 Å². The number of phosphoric acid groups is 1. The molecule has 0 saturated heterocycles. The van der Waals surface area contributed by atoms with Gasteiger partial charge in [0.25, 0.3) is 7.82 Å². The molecule has 10 heteroatoms. The average Bonchev–Trinajstić information content (AvgIpc) is 3.50. The molecule has 0 saturated carbocycles. The minimum atomic E-state index is -4.71. The van der Waals surface area contributed by atoms with Crippen LogP contribution in [0.2, 0.25) is 0 Å². The highest BCUT2D eigenvalue weighted by Crippen LogP contribution is 2.38. The molecule has 500 valence electrons. The van der Waals surface area contributed by atoms with Crippen molar-refractivity contribution in [2.75, 3.05) is 40.9 Å². The minimum Gasteiger partial charge on any atom is -0.756 e. The third-order valence-electron chi connectivity index (χ3n) is 16.8. The number of likely N-dealkylation sites (N-methyl/N-ethyl adjacent to an activating group) is 1. The molecular weight excluding hydrogens is 1070 g/mol. The fourth-order valence-corrected chi connectivity index (χ4v) is 11.8. The molecule has 3 atom stereocenters. The zero-order chi connectivity index (χ0) is 62.1. The van der Waals surface area contributed by atoms with Crippen LogP contribution < -0.4 is 10.2 Å². The Hall–Kier alpha value is -2.03. The number of allylic oxidation sites excluding steroid dienone is 7. The van der Waals surface area contributed by atoms with Gasteiger partial charge < -0.3 is 28.5 Å². The third kappa shape index (κ3) is 66.2. The van der Waals surface area contributed by atoms with E-state index in [0.29, 0.717) is 17.4 Å². The number of rotatable bonds is 68. The number of carbonyl (C=O) groups excluding carboxylic acids is 2. The van der Waals surface area contributed by atoms with E-state index < -0.39 is 20.0 Å². The lowest BCUT2D eigenvalue weighted by Gasteiger charge is -2.30. The minimum absolute atomic E-state index is 0.0230. The predicted octanol–water partition coefficient (Wildman–Crippen LogP) is 22.9. The highest BCUT2D eigenvalue weighted by atomic mass is 31.2. The largest absolute Gasteiger partial charge is 0.756 e. The number of nitrogens with zero attached hydrogens (tertiary/aromatic N) is 1. The number of hydrogen-bond acceptors (Lipinski definition) is 7. The van der Waals surface area contributed by atoms with Gasteiger partial charge in [0.05, 0.1) is 33.8 Å². The van der Waals surface area contributed by atoms with Crippen molar-refractivity contribution in [1.29, 1.82) is 0 Å². The Morgan fingerprint density at radius 3 is 1.09 bits per heavy atom. The maximum Gasteiger partial charge on any atom is 0.306 e. The monoisotopic (exact) mass is 1220 g/mol. The number of hydrogen-bond donors (Lipinski definition) is 1. The van der Waals surface area contributed by atoms with E-state index in [4.69, 9.17) is 13.8 Å². The molecule has 0 fully saturated rings. The summed E-state index contributed by atoms with van der Waals surface area (Å²) < 4.78 is 30.5. The summed E-state index contributed by atoms with van der Waals surface area (Å²) >= 11 is 0. The fourth-order valence-electron chi connectivity index (χ4n) is 11.1. The van der Waals surface area contributed by atoms with Crippen molar-refractivity contribution in [3.63, 3.8) is 0 Å². The van der Waals surface area contributed by atoms with Gasteiger partial charge in [-0.2, -0.15) is 0 Å². The van der Waals surface area contributed by atoms with Crippen molar-refractivity contribution in [3.05, 3.63) is 48.6 Å². The summed E-state index contributed by atoms with van der Waals surface area (Å²) in [6, 6.07) is -0.893. The molecule has 0 aliphatic rings. The van der Waals surface area contributed by atoms with E-state index in [2.05, 4.69) is 62.5 Å². The number of unbranched alkanes of at least 4 members (excludes halogenated alkanes) is 46. The molecule has 1 amide bonds. The van der Waals surface area contributed by atoms with Gasteiger partial charge in [0.15, 0.2) is 0 Å². The Kier molecular flexibility index (Phi) is 63.4. The molecule has 0 spiro atoms. The summed E-state index contributed by atoms with van der Waals surface area (Å²) in [6.45, 7) is 6.87. The van der Waals surface area contributed by atoms with Crippen molar-refractivity contribution in [2.24, 2.45) is 0 Å². The van der Waals surface area contributed by atoms with Crippen LogP contribution in [-0.2, 0) is 27.9 Å². The van der Waals surface area contributed by atoms with Crippen LogP contribution in [0.4, 0.5) is 0 Å². The lowest BCUT2D eigenvalue weighted by Crippen LogP contribution is -2.47. The lowest BCUT2D eigenvalue weighted by atomic mass is 10.0. The molecule has 0 radical (unpaired) electrons. The summed E-state index contributed by atoms with van der Waals surface area (Å²) in [5.41, 5.74) is 0. The smallest absolute Gasteiger partial charge is 0.306 e. The Balaban J connectivity index is 5.02. The van der Waals surface area contributed by atoms with E-state index in [1.807, 2.05) is 33.3 Å². The third-order valence-corrected chi connectivity index (χ3v) is 17.7. The Labute approximate surface area is 529 Å². The molecule has 0 aliphatic heterocycles. The summed E-state index contributed by atoms with van der Waals surface area (Å²) in [7, 11) is 1.19. The number of quaternary nitrogens is 1. The average molecular weight is 1220 g/mol. The molecule has 85 heavy (non-hydrogen) atoms. The first-order chi connectivity index (χ1) is 41.4. The highest BCUT2D eigenvalue weighted by Gasteiger charge is 2.27. The number of esters is 1. The number of carbonyl (C=O) groups is 2. The second-order valence-corrected chi connectivity index (χ2v) is 27.9. The van der Waals surface area contributed by atoms with E-state index in [1.165, 1.54) is 250 Å². The van der Waals surface area contributed by atoms with E-state index in [9.17, 15) is 19.0 Å². The SMILES string of the molecule is CCCCC/C=C\C/C=C\C/C=C\CCCCCCCCC(=O)OC(/C=C\CCCCCCCCCCCCC)C(COP(=O)([O-])OCC[N+](C)(C)C)NC(=O)CCCCCCCCCCCCCCCCCCCCCCCCCCCCC. The van der Waals surface area contributed by atoms with Crippen molar-refractivity contribution in [1.82, 2.24) is 5.32 Å².